The van der Waals surface area contributed by atoms with Gasteiger partial charge >= 0.3 is 0 Å². The molecule has 2 aromatic carbocycles. The summed E-state index contributed by atoms with van der Waals surface area (Å²) in [6, 6.07) is 21.8. The fourth-order valence-corrected chi connectivity index (χ4v) is 3.57. The summed E-state index contributed by atoms with van der Waals surface area (Å²) in [6.45, 7) is 3.86. The lowest BCUT2D eigenvalue weighted by Gasteiger charge is -2.10. The highest BCUT2D eigenvalue weighted by atomic mass is 16.1. The first-order valence-electron chi connectivity index (χ1n) is 9.65. The predicted octanol–water partition coefficient (Wildman–Crippen LogP) is 4.97. The minimum Gasteiger partial charge on any atom is -0.322 e. The topological polar surface area (TPSA) is 64.0 Å². The van der Waals surface area contributed by atoms with Crippen LogP contribution in [0.4, 0.5) is 5.69 Å². The third-order valence-electron chi connectivity index (χ3n) is 5.00. The molecule has 0 aliphatic rings. The number of aryl methyl sites for hydroxylation is 1. The highest BCUT2D eigenvalue weighted by Crippen LogP contribution is 2.22. The summed E-state index contributed by atoms with van der Waals surface area (Å²) >= 11 is 0. The Balaban J connectivity index is 1.59. The van der Waals surface area contributed by atoms with Crippen molar-refractivity contribution in [1.82, 2.24) is 9.55 Å². The van der Waals surface area contributed by atoms with Gasteiger partial charge in [0, 0.05) is 34.4 Å². The van der Waals surface area contributed by atoms with E-state index in [0.717, 1.165) is 17.1 Å². The molecule has 0 aliphatic carbocycles. The second-order valence-electron chi connectivity index (χ2n) is 7.06. The molecule has 0 bridgehead atoms. The molecular weight excluding hydrogens is 374 g/mol. The minimum absolute atomic E-state index is 0.0820. The van der Waals surface area contributed by atoms with E-state index in [0.29, 0.717) is 22.4 Å². The third kappa shape index (κ3) is 3.78. The fraction of sp³-hybridized carbons (Fsp3) is 0.0800. The van der Waals surface area contributed by atoms with Gasteiger partial charge in [-0.2, -0.15) is 0 Å². The molecule has 0 spiro atoms. The summed E-state index contributed by atoms with van der Waals surface area (Å²) in [5.74, 6) is -0.302. The molecule has 4 aromatic rings. The first kappa shape index (κ1) is 19.3. The summed E-state index contributed by atoms with van der Waals surface area (Å²) in [5, 5.41) is 2.92. The van der Waals surface area contributed by atoms with Crippen LogP contribution in [0.3, 0.4) is 0 Å². The Hall–Kier alpha value is -3.99. The van der Waals surface area contributed by atoms with Crippen LogP contribution in [0.1, 0.15) is 37.7 Å². The zero-order valence-corrected chi connectivity index (χ0v) is 16.8. The first-order valence-corrected chi connectivity index (χ1v) is 9.65. The van der Waals surface area contributed by atoms with Crippen LogP contribution >= 0.6 is 0 Å². The number of amides is 1. The average molecular weight is 395 g/mol. The number of carbonyl (C=O) groups excluding carboxylic acids is 2. The molecule has 148 valence electrons. The van der Waals surface area contributed by atoms with Gasteiger partial charge in [0.1, 0.15) is 0 Å². The number of rotatable bonds is 5. The largest absolute Gasteiger partial charge is 0.322 e. The number of nitrogens with zero attached hydrogens (tertiary/aromatic N) is 2. The lowest BCUT2D eigenvalue weighted by molar-refractivity contribution is 0.102. The van der Waals surface area contributed by atoms with E-state index >= 15 is 0 Å². The zero-order chi connectivity index (χ0) is 21.1. The van der Waals surface area contributed by atoms with Crippen molar-refractivity contribution in [3.63, 3.8) is 0 Å². The van der Waals surface area contributed by atoms with Crippen molar-refractivity contribution in [2.24, 2.45) is 0 Å². The molecule has 0 unspecified atom stereocenters. The van der Waals surface area contributed by atoms with Crippen molar-refractivity contribution in [3.05, 3.63) is 113 Å². The molecular formula is C25H21N3O2. The molecule has 5 nitrogen and oxygen atoms in total. The van der Waals surface area contributed by atoms with Crippen LogP contribution < -0.4 is 5.32 Å². The van der Waals surface area contributed by atoms with Crippen LogP contribution in [0.5, 0.6) is 0 Å². The number of pyridine rings is 1. The highest BCUT2D eigenvalue weighted by Gasteiger charge is 2.17. The van der Waals surface area contributed by atoms with E-state index in [9.17, 15) is 9.59 Å². The number of aromatic nitrogens is 2. The normalized spacial score (nSPS) is 10.6. The smallest absolute Gasteiger partial charge is 0.257 e. The molecule has 0 fully saturated rings. The Labute approximate surface area is 175 Å². The fourth-order valence-electron chi connectivity index (χ4n) is 3.57. The van der Waals surface area contributed by atoms with Gasteiger partial charge in [-0.25, -0.2) is 0 Å². The SMILES string of the molecule is Cc1cc(C(=O)Nc2cccc(C(=O)c3ccccc3)c2)c(C)n1-c1cccnc1. The van der Waals surface area contributed by atoms with Crippen LogP contribution in [-0.4, -0.2) is 21.2 Å². The lowest BCUT2D eigenvalue weighted by atomic mass is 10.0. The second-order valence-corrected chi connectivity index (χ2v) is 7.06. The summed E-state index contributed by atoms with van der Waals surface area (Å²) in [4.78, 5) is 29.8. The van der Waals surface area contributed by atoms with Crippen molar-refractivity contribution < 1.29 is 9.59 Å². The summed E-state index contributed by atoms with van der Waals surface area (Å²) in [5.41, 5.74) is 4.97. The monoisotopic (exact) mass is 395 g/mol. The van der Waals surface area contributed by atoms with Crippen molar-refractivity contribution in [3.8, 4) is 5.69 Å². The van der Waals surface area contributed by atoms with Gasteiger partial charge in [0.15, 0.2) is 5.78 Å². The maximum Gasteiger partial charge on any atom is 0.257 e. The molecule has 4 rings (SSSR count). The van der Waals surface area contributed by atoms with Crippen molar-refractivity contribution in [2.75, 3.05) is 5.32 Å². The van der Waals surface area contributed by atoms with E-state index in [2.05, 4.69) is 10.3 Å². The van der Waals surface area contributed by atoms with Gasteiger partial charge in [0.2, 0.25) is 0 Å². The Morgan fingerprint density at radius 3 is 2.37 bits per heavy atom. The highest BCUT2D eigenvalue weighted by molar-refractivity contribution is 6.10. The third-order valence-corrected chi connectivity index (χ3v) is 5.00. The van der Waals surface area contributed by atoms with Crippen LogP contribution in [0.2, 0.25) is 0 Å². The number of hydrogen-bond donors (Lipinski definition) is 1. The van der Waals surface area contributed by atoms with Crippen molar-refractivity contribution in [1.29, 1.82) is 0 Å². The molecule has 0 atom stereocenters. The zero-order valence-electron chi connectivity index (χ0n) is 16.8. The summed E-state index contributed by atoms with van der Waals surface area (Å²) in [6.07, 6.45) is 3.48. The van der Waals surface area contributed by atoms with Crippen LogP contribution in [0.15, 0.2) is 85.2 Å². The van der Waals surface area contributed by atoms with Crippen molar-refractivity contribution in [2.45, 2.75) is 13.8 Å². The molecule has 2 heterocycles. The van der Waals surface area contributed by atoms with Gasteiger partial charge in [-0.3, -0.25) is 14.6 Å². The summed E-state index contributed by atoms with van der Waals surface area (Å²) < 4.78 is 2.00. The van der Waals surface area contributed by atoms with E-state index in [-0.39, 0.29) is 11.7 Å². The Morgan fingerprint density at radius 2 is 1.63 bits per heavy atom. The van der Waals surface area contributed by atoms with Crippen LogP contribution in [-0.2, 0) is 0 Å². The van der Waals surface area contributed by atoms with Gasteiger partial charge in [0.25, 0.3) is 5.91 Å². The standard InChI is InChI=1S/C25H21N3O2/c1-17-14-23(18(2)28(17)22-12-7-13-26-16-22)25(30)27-21-11-6-10-20(15-21)24(29)19-8-4-3-5-9-19/h3-16H,1-2H3,(H,27,30). The molecule has 0 saturated carbocycles. The van der Waals surface area contributed by atoms with E-state index in [4.69, 9.17) is 0 Å². The number of hydrogen-bond acceptors (Lipinski definition) is 3. The van der Waals surface area contributed by atoms with Gasteiger partial charge in [-0.05, 0) is 44.2 Å². The molecule has 0 radical (unpaired) electrons. The van der Waals surface area contributed by atoms with E-state index in [1.807, 2.05) is 54.8 Å². The quantitative estimate of drug-likeness (QED) is 0.485. The van der Waals surface area contributed by atoms with E-state index < -0.39 is 0 Å². The molecule has 5 heteroatoms. The number of benzene rings is 2. The van der Waals surface area contributed by atoms with Gasteiger partial charge in [0.05, 0.1) is 17.4 Å². The summed E-state index contributed by atoms with van der Waals surface area (Å²) in [7, 11) is 0. The minimum atomic E-state index is -0.220. The predicted molar refractivity (Wildman–Crippen MR) is 117 cm³/mol. The Bertz CT molecular complexity index is 1210. The molecule has 1 N–H and O–H groups in total. The average Bonchev–Trinajstić information content (AvgIpc) is 3.08. The Kier molecular flexibility index (Phi) is 5.26. The second kappa shape index (κ2) is 8.17. The van der Waals surface area contributed by atoms with Gasteiger partial charge < -0.3 is 9.88 Å². The van der Waals surface area contributed by atoms with Gasteiger partial charge in [-0.1, -0.05) is 42.5 Å². The number of carbonyl (C=O) groups is 2. The maximum absolute atomic E-state index is 13.0. The maximum atomic E-state index is 13.0. The van der Waals surface area contributed by atoms with E-state index in [1.165, 1.54) is 0 Å². The Morgan fingerprint density at radius 1 is 0.867 bits per heavy atom. The van der Waals surface area contributed by atoms with Gasteiger partial charge in [-0.15, -0.1) is 0 Å². The lowest BCUT2D eigenvalue weighted by Crippen LogP contribution is -2.13. The van der Waals surface area contributed by atoms with E-state index in [1.54, 1.807) is 48.8 Å². The van der Waals surface area contributed by atoms with Crippen LogP contribution in [0, 0.1) is 13.8 Å². The van der Waals surface area contributed by atoms with Crippen LogP contribution in [0.25, 0.3) is 5.69 Å². The molecule has 0 aliphatic heterocycles. The number of nitrogens with one attached hydrogen (secondary N) is 1. The number of anilines is 1. The molecule has 30 heavy (non-hydrogen) atoms. The first-order chi connectivity index (χ1) is 14.5. The molecule has 0 saturated heterocycles. The molecule has 2 aromatic heterocycles. The van der Waals surface area contributed by atoms with Crippen molar-refractivity contribution >= 4 is 17.4 Å². The molecule has 1 amide bonds. The number of ketones is 1.